The molecule has 2 fully saturated rings. The molecule has 0 bridgehead atoms. The van der Waals surface area contributed by atoms with Crippen molar-refractivity contribution >= 4 is 11.6 Å². The summed E-state index contributed by atoms with van der Waals surface area (Å²) in [6.45, 7) is 7.05. The summed E-state index contributed by atoms with van der Waals surface area (Å²) in [6, 6.07) is 11.8. The zero-order valence-electron chi connectivity index (χ0n) is 23.5. The number of rotatable bonds is 7. The molecule has 7 nitrogen and oxygen atoms in total. The van der Waals surface area contributed by atoms with Gasteiger partial charge < -0.3 is 25.0 Å². The molecule has 1 saturated carbocycles. The number of carbonyl (C=O) groups is 1. The highest BCUT2D eigenvalue weighted by molar-refractivity contribution is 5.98. The predicted molar refractivity (Wildman–Crippen MR) is 154 cm³/mol. The minimum atomic E-state index is -0.703. The maximum absolute atomic E-state index is 15.2. The Bertz CT molecular complexity index is 1270. The van der Waals surface area contributed by atoms with Gasteiger partial charge in [0.1, 0.15) is 6.61 Å². The Morgan fingerprint density at radius 1 is 1.07 bits per heavy atom. The molecule has 214 valence electrons. The van der Waals surface area contributed by atoms with Gasteiger partial charge in [-0.15, -0.1) is 0 Å². The highest BCUT2D eigenvalue weighted by Crippen LogP contribution is 2.33. The van der Waals surface area contributed by atoms with Crippen LogP contribution in [0.1, 0.15) is 60.5 Å². The van der Waals surface area contributed by atoms with E-state index in [2.05, 4.69) is 40.2 Å². The molecule has 4 aliphatic rings. The van der Waals surface area contributed by atoms with Gasteiger partial charge in [0.25, 0.3) is 5.91 Å². The maximum atomic E-state index is 15.2. The molecule has 6 rings (SSSR count). The molecule has 1 aliphatic carbocycles. The summed E-state index contributed by atoms with van der Waals surface area (Å²) in [4.78, 5) is 19.9. The molecule has 1 saturated heterocycles. The molecule has 8 heteroatoms. The van der Waals surface area contributed by atoms with Crippen molar-refractivity contribution in [3.63, 3.8) is 0 Å². The lowest BCUT2D eigenvalue weighted by Crippen LogP contribution is -2.44. The van der Waals surface area contributed by atoms with Gasteiger partial charge >= 0.3 is 0 Å². The quantitative estimate of drug-likeness (QED) is 0.534. The van der Waals surface area contributed by atoms with Crippen molar-refractivity contribution in [1.29, 1.82) is 0 Å². The molecule has 40 heavy (non-hydrogen) atoms. The predicted octanol–water partition coefficient (Wildman–Crippen LogP) is 4.41. The lowest BCUT2D eigenvalue weighted by molar-refractivity contribution is 0.0501. The second-order valence-electron chi connectivity index (χ2n) is 11.8. The Hall–Kier alpha value is -3.10. The second-order valence-corrected chi connectivity index (χ2v) is 11.8. The van der Waals surface area contributed by atoms with Crippen molar-refractivity contribution in [3.8, 4) is 5.75 Å². The van der Waals surface area contributed by atoms with Gasteiger partial charge in [0.2, 0.25) is 0 Å². The third-order valence-electron chi connectivity index (χ3n) is 9.09. The van der Waals surface area contributed by atoms with E-state index in [9.17, 15) is 9.90 Å². The maximum Gasteiger partial charge on any atom is 0.258 e. The van der Waals surface area contributed by atoms with Gasteiger partial charge in [0.15, 0.2) is 11.6 Å². The number of hydrogen-bond acceptors (Lipinski definition) is 6. The van der Waals surface area contributed by atoms with Gasteiger partial charge in [0.05, 0.1) is 18.2 Å². The number of ether oxygens (including phenoxy) is 1. The van der Waals surface area contributed by atoms with E-state index in [1.54, 1.807) is 16.5 Å². The summed E-state index contributed by atoms with van der Waals surface area (Å²) in [5.41, 5.74) is 6.52. The summed E-state index contributed by atoms with van der Waals surface area (Å²) < 4.78 is 20.9. The molecular weight excluding hydrogens is 507 g/mol. The van der Waals surface area contributed by atoms with Gasteiger partial charge in [-0.3, -0.25) is 9.69 Å². The number of halogens is 1. The van der Waals surface area contributed by atoms with Crippen molar-refractivity contribution in [2.45, 2.75) is 64.1 Å². The van der Waals surface area contributed by atoms with E-state index in [1.807, 2.05) is 6.07 Å². The minimum absolute atomic E-state index is 0.0118. The van der Waals surface area contributed by atoms with Crippen molar-refractivity contribution in [2.24, 2.45) is 0 Å². The zero-order chi connectivity index (χ0) is 27.6. The Morgan fingerprint density at radius 2 is 1.85 bits per heavy atom. The van der Waals surface area contributed by atoms with Gasteiger partial charge in [-0.1, -0.05) is 29.8 Å². The third kappa shape index (κ3) is 5.84. The number of likely N-dealkylation sites (tertiary alicyclic amines) is 1. The van der Waals surface area contributed by atoms with Crippen LogP contribution in [0, 0.1) is 5.82 Å². The zero-order valence-corrected chi connectivity index (χ0v) is 23.5. The monoisotopic (exact) mass is 548 g/mol. The van der Waals surface area contributed by atoms with Crippen LogP contribution < -0.4 is 10.1 Å². The number of anilines is 1. The smallest absolute Gasteiger partial charge is 0.258 e. The fourth-order valence-electron chi connectivity index (χ4n) is 6.54. The van der Waals surface area contributed by atoms with Crippen LogP contribution in [0.15, 0.2) is 47.7 Å². The number of amides is 1. The topological polar surface area (TPSA) is 68.3 Å². The average molecular weight is 549 g/mol. The van der Waals surface area contributed by atoms with E-state index < -0.39 is 11.9 Å². The van der Waals surface area contributed by atoms with Gasteiger partial charge in [-0.25, -0.2) is 4.39 Å². The Morgan fingerprint density at radius 3 is 2.60 bits per heavy atom. The Labute approximate surface area is 236 Å². The molecule has 3 heterocycles. The number of benzene rings is 2. The largest absolute Gasteiger partial charge is 0.488 e. The van der Waals surface area contributed by atoms with Crippen molar-refractivity contribution in [3.05, 3.63) is 70.2 Å². The summed E-state index contributed by atoms with van der Waals surface area (Å²) in [5.74, 6) is -0.806. The van der Waals surface area contributed by atoms with E-state index in [0.717, 1.165) is 45.4 Å². The molecule has 2 aromatic rings. The van der Waals surface area contributed by atoms with Crippen LogP contribution in [-0.4, -0.2) is 83.7 Å². The fourth-order valence-corrected chi connectivity index (χ4v) is 6.54. The van der Waals surface area contributed by atoms with Crippen LogP contribution >= 0.6 is 0 Å². The van der Waals surface area contributed by atoms with Crippen LogP contribution in [-0.2, 0) is 13.0 Å². The number of piperidine rings is 1. The average Bonchev–Trinajstić information content (AvgIpc) is 3.07. The van der Waals surface area contributed by atoms with Crippen molar-refractivity contribution in [2.75, 3.05) is 51.2 Å². The van der Waals surface area contributed by atoms with Crippen LogP contribution in [0.25, 0.3) is 0 Å². The molecule has 1 amide bonds. The SMILES string of the molecule is CC(=C1CCC1)N1CCC(Nc2cc(F)c3c(c2)C(=O)N(CC(O)CN2CCc4ccccc4C2)CCO3)CC1. The van der Waals surface area contributed by atoms with Crippen molar-refractivity contribution in [1.82, 2.24) is 14.7 Å². The standard InChI is InChI=1S/C32H41FN4O3/c1-22(23-7-4-8-23)36-13-10-26(11-14-36)34-27-17-29-31(30(33)18-27)40-16-15-37(32(29)39)21-28(38)20-35-12-9-24-5-2-3-6-25(24)19-35/h2-3,5-6,17-18,26,28,34,38H,4,7-16,19-21H2,1H3. The first-order chi connectivity index (χ1) is 19.4. The Kier molecular flexibility index (Phi) is 7.98. The number of hydrogen-bond donors (Lipinski definition) is 2. The fraction of sp³-hybridized carbons (Fsp3) is 0.531. The molecule has 0 aromatic heterocycles. The van der Waals surface area contributed by atoms with Crippen LogP contribution in [0.5, 0.6) is 5.75 Å². The van der Waals surface area contributed by atoms with Crippen LogP contribution in [0.2, 0.25) is 0 Å². The first kappa shape index (κ1) is 27.1. The van der Waals surface area contributed by atoms with E-state index in [4.69, 9.17) is 4.74 Å². The Balaban J connectivity index is 1.08. The first-order valence-corrected chi connectivity index (χ1v) is 14.9. The summed E-state index contributed by atoms with van der Waals surface area (Å²) >= 11 is 0. The highest BCUT2D eigenvalue weighted by Gasteiger charge is 2.30. The number of nitrogens with zero attached hydrogens (tertiary/aromatic N) is 3. The van der Waals surface area contributed by atoms with E-state index in [-0.39, 0.29) is 36.4 Å². The molecule has 2 aromatic carbocycles. The highest BCUT2D eigenvalue weighted by atomic mass is 19.1. The number of carbonyl (C=O) groups excluding carboxylic acids is 1. The number of β-amino-alcohol motifs (C(OH)–C–C–N with tert-alkyl or cyclic N) is 1. The number of nitrogens with one attached hydrogen (secondary N) is 1. The first-order valence-electron chi connectivity index (χ1n) is 14.9. The van der Waals surface area contributed by atoms with E-state index in [1.165, 1.54) is 42.2 Å². The molecule has 0 spiro atoms. The molecule has 3 aliphatic heterocycles. The molecule has 1 unspecified atom stereocenters. The third-order valence-corrected chi connectivity index (χ3v) is 9.09. The van der Waals surface area contributed by atoms with Gasteiger partial charge in [-0.05, 0) is 62.6 Å². The lowest BCUT2D eigenvalue weighted by Gasteiger charge is -2.37. The lowest BCUT2D eigenvalue weighted by atomic mass is 9.90. The molecular formula is C32H41FN4O3. The normalized spacial score (nSPS) is 20.7. The number of aliphatic hydroxyl groups excluding tert-OH is 1. The van der Waals surface area contributed by atoms with Crippen LogP contribution in [0.4, 0.5) is 10.1 Å². The second kappa shape index (κ2) is 11.8. The number of fused-ring (bicyclic) bond motifs is 2. The molecule has 1 atom stereocenters. The van der Waals surface area contributed by atoms with Crippen LogP contribution in [0.3, 0.4) is 0 Å². The molecule has 0 radical (unpaired) electrons. The summed E-state index contributed by atoms with van der Waals surface area (Å²) in [7, 11) is 0. The minimum Gasteiger partial charge on any atom is -0.488 e. The van der Waals surface area contributed by atoms with Gasteiger partial charge in [-0.2, -0.15) is 0 Å². The van der Waals surface area contributed by atoms with Crippen molar-refractivity contribution < 1.29 is 19.0 Å². The van der Waals surface area contributed by atoms with E-state index in [0.29, 0.717) is 18.8 Å². The molecule has 2 N–H and O–H groups in total. The number of aliphatic hydroxyl groups is 1. The number of allylic oxidation sites excluding steroid dienone is 2. The summed E-state index contributed by atoms with van der Waals surface area (Å²) in [6.07, 6.45) is 5.95. The summed E-state index contributed by atoms with van der Waals surface area (Å²) in [5, 5.41) is 14.4. The van der Waals surface area contributed by atoms with Gasteiger partial charge in [0, 0.05) is 62.8 Å². The van der Waals surface area contributed by atoms with E-state index >= 15 is 4.39 Å².